The van der Waals surface area contributed by atoms with Crippen LogP contribution in [0.15, 0.2) is 30.3 Å². The number of benzene rings is 1. The smallest absolute Gasteiger partial charge is 0.174 e. The van der Waals surface area contributed by atoms with Gasteiger partial charge in [0.15, 0.2) is 6.29 Å². The van der Waals surface area contributed by atoms with Crippen LogP contribution in [-0.4, -0.2) is 61.5 Å². The van der Waals surface area contributed by atoms with Gasteiger partial charge in [-0.1, -0.05) is 35.9 Å². The lowest BCUT2D eigenvalue weighted by molar-refractivity contribution is -0.933. The Labute approximate surface area is 110 Å². The van der Waals surface area contributed by atoms with Crippen molar-refractivity contribution in [2.24, 2.45) is 0 Å². The van der Waals surface area contributed by atoms with Crippen LogP contribution in [0.5, 0.6) is 0 Å². The first-order valence-corrected chi connectivity index (χ1v) is 6.77. The van der Waals surface area contributed by atoms with E-state index in [1.165, 1.54) is 44.8 Å². The summed E-state index contributed by atoms with van der Waals surface area (Å²) in [5.74, 6) is 0. The minimum absolute atomic E-state index is 0.744. The van der Waals surface area contributed by atoms with E-state index in [1.54, 1.807) is 0 Å². The lowest BCUT2D eigenvalue weighted by atomic mass is 10.1. The molecular formula is C15H23N2O+. The summed E-state index contributed by atoms with van der Waals surface area (Å²) in [7, 11) is 0. The highest BCUT2D eigenvalue weighted by atomic mass is 16.1. The molecule has 3 saturated heterocycles. The van der Waals surface area contributed by atoms with Crippen LogP contribution in [-0.2, 0) is 4.79 Å². The van der Waals surface area contributed by atoms with E-state index < -0.39 is 0 Å². The number of piperazine rings is 3. The Bertz CT molecular complexity index is 356. The van der Waals surface area contributed by atoms with Crippen molar-refractivity contribution in [1.82, 2.24) is 4.90 Å². The van der Waals surface area contributed by atoms with Gasteiger partial charge in [-0.25, -0.2) is 0 Å². The highest BCUT2D eigenvalue weighted by Gasteiger charge is 2.37. The van der Waals surface area contributed by atoms with Crippen LogP contribution in [0, 0.1) is 6.92 Å². The van der Waals surface area contributed by atoms with E-state index in [0.29, 0.717) is 0 Å². The van der Waals surface area contributed by atoms with Crippen molar-refractivity contribution in [2.75, 3.05) is 45.8 Å². The van der Waals surface area contributed by atoms with Gasteiger partial charge in [0.05, 0.1) is 19.6 Å². The van der Waals surface area contributed by atoms with E-state index >= 15 is 0 Å². The van der Waals surface area contributed by atoms with E-state index in [9.17, 15) is 4.79 Å². The van der Waals surface area contributed by atoms with Gasteiger partial charge in [-0.2, -0.15) is 0 Å². The second-order valence-electron chi connectivity index (χ2n) is 5.36. The molecule has 0 amide bonds. The Morgan fingerprint density at radius 1 is 1.11 bits per heavy atom. The third kappa shape index (κ3) is 3.40. The summed E-state index contributed by atoms with van der Waals surface area (Å²) in [4.78, 5) is 12.9. The third-order valence-corrected chi connectivity index (χ3v) is 4.07. The highest BCUT2D eigenvalue weighted by Crippen LogP contribution is 2.17. The highest BCUT2D eigenvalue weighted by molar-refractivity contribution is 5.50. The van der Waals surface area contributed by atoms with Crippen molar-refractivity contribution in [3.63, 3.8) is 0 Å². The molecule has 0 atom stereocenters. The molecule has 1 aromatic carbocycles. The number of carbonyl (C=O) groups excluding carboxylic acids is 1. The fourth-order valence-corrected chi connectivity index (χ4v) is 2.70. The molecule has 3 fully saturated rings. The standard InChI is InChI=1S/C8H15N2O.C7H8/c11-8-7-10-4-1-9(2-5-10)3-6-10;1-7-5-3-2-4-6-7/h8H,1-7H2;2-6H,1H3/q+1;. The van der Waals surface area contributed by atoms with Crippen LogP contribution in [0.3, 0.4) is 0 Å². The van der Waals surface area contributed by atoms with E-state index in [2.05, 4.69) is 24.0 Å². The average Bonchev–Trinajstić information content (AvgIpc) is 2.42. The van der Waals surface area contributed by atoms with Crippen molar-refractivity contribution in [1.29, 1.82) is 0 Å². The SMILES string of the molecule is Cc1ccccc1.O=CC[N+]12CCN(CC1)CC2. The van der Waals surface area contributed by atoms with Gasteiger partial charge < -0.3 is 4.48 Å². The predicted octanol–water partition coefficient (Wildman–Crippen LogP) is 1.33. The lowest BCUT2D eigenvalue weighted by Crippen LogP contribution is -2.67. The quantitative estimate of drug-likeness (QED) is 0.580. The molecule has 0 radical (unpaired) electrons. The largest absolute Gasteiger partial charge is 0.314 e. The zero-order valence-electron chi connectivity index (χ0n) is 11.2. The first-order chi connectivity index (χ1) is 8.74. The molecule has 1 aromatic rings. The van der Waals surface area contributed by atoms with E-state index in [0.717, 1.165) is 17.3 Å². The van der Waals surface area contributed by atoms with Crippen molar-refractivity contribution in [3.05, 3.63) is 35.9 Å². The van der Waals surface area contributed by atoms with Gasteiger partial charge in [-0.05, 0) is 6.92 Å². The monoisotopic (exact) mass is 247 g/mol. The molecule has 3 heterocycles. The molecule has 0 unspecified atom stereocenters. The summed E-state index contributed by atoms with van der Waals surface area (Å²) in [5.41, 5.74) is 1.32. The number of aryl methyl sites for hydroxylation is 1. The molecule has 0 N–H and O–H groups in total. The molecule has 18 heavy (non-hydrogen) atoms. The fraction of sp³-hybridized carbons (Fsp3) is 0.533. The topological polar surface area (TPSA) is 20.3 Å². The van der Waals surface area contributed by atoms with Gasteiger partial charge in [-0.3, -0.25) is 9.69 Å². The molecular weight excluding hydrogens is 224 g/mol. The summed E-state index contributed by atoms with van der Waals surface area (Å²) in [6.45, 7) is 10.0. The van der Waals surface area contributed by atoms with Gasteiger partial charge in [0.1, 0.15) is 6.54 Å². The Kier molecular flexibility index (Phi) is 4.50. The van der Waals surface area contributed by atoms with E-state index in [-0.39, 0.29) is 0 Å². The predicted molar refractivity (Wildman–Crippen MR) is 73.4 cm³/mol. The molecule has 0 saturated carbocycles. The van der Waals surface area contributed by atoms with Gasteiger partial charge in [0.2, 0.25) is 0 Å². The van der Waals surface area contributed by atoms with Gasteiger partial charge in [-0.15, -0.1) is 0 Å². The zero-order valence-corrected chi connectivity index (χ0v) is 11.2. The minimum atomic E-state index is 0.744. The molecule has 3 aliphatic heterocycles. The van der Waals surface area contributed by atoms with Gasteiger partial charge in [0, 0.05) is 19.6 Å². The minimum Gasteiger partial charge on any atom is -0.314 e. The summed E-state index contributed by atoms with van der Waals surface area (Å²) in [5, 5.41) is 0. The van der Waals surface area contributed by atoms with E-state index in [1.807, 2.05) is 18.2 Å². The van der Waals surface area contributed by atoms with Crippen LogP contribution in [0.2, 0.25) is 0 Å². The summed E-state index contributed by atoms with van der Waals surface area (Å²) >= 11 is 0. The maximum Gasteiger partial charge on any atom is 0.174 e. The molecule has 3 nitrogen and oxygen atoms in total. The number of hydrogen-bond donors (Lipinski definition) is 0. The molecule has 98 valence electrons. The van der Waals surface area contributed by atoms with Crippen molar-refractivity contribution >= 4 is 6.29 Å². The lowest BCUT2D eigenvalue weighted by Gasteiger charge is -2.49. The van der Waals surface area contributed by atoms with Gasteiger partial charge in [0.25, 0.3) is 0 Å². The number of rotatable bonds is 2. The maximum absolute atomic E-state index is 10.4. The number of aldehydes is 1. The van der Waals surface area contributed by atoms with Crippen LogP contribution in [0.1, 0.15) is 5.56 Å². The Morgan fingerprint density at radius 3 is 2.06 bits per heavy atom. The van der Waals surface area contributed by atoms with Crippen molar-refractivity contribution < 1.29 is 9.28 Å². The van der Waals surface area contributed by atoms with Gasteiger partial charge >= 0.3 is 0 Å². The zero-order chi connectivity index (χ0) is 12.8. The number of nitrogens with zero attached hydrogens (tertiary/aromatic N) is 2. The van der Waals surface area contributed by atoms with Crippen LogP contribution < -0.4 is 0 Å². The third-order valence-electron chi connectivity index (χ3n) is 4.07. The molecule has 0 spiro atoms. The summed E-state index contributed by atoms with van der Waals surface area (Å²) < 4.78 is 1.07. The first-order valence-electron chi connectivity index (χ1n) is 6.77. The Morgan fingerprint density at radius 2 is 1.67 bits per heavy atom. The number of carbonyl (C=O) groups is 1. The summed E-state index contributed by atoms with van der Waals surface area (Å²) in [6, 6.07) is 10.3. The van der Waals surface area contributed by atoms with Crippen LogP contribution in [0.25, 0.3) is 0 Å². The normalized spacial score (nSPS) is 29.3. The molecule has 0 aromatic heterocycles. The molecule has 3 aliphatic rings. The number of quaternary nitrogens is 1. The second-order valence-corrected chi connectivity index (χ2v) is 5.36. The average molecular weight is 247 g/mol. The maximum atomic E-state index is 10.4. The van der Waals surface area contributed by atoms with E-state index in [4.69, 9.17) is 0 Å². The number of hydrogen-bond acceptors (Lipinski definition) is 2. The molecule has 4 rings (SSSR count). The second kappa shape index (κ2) is 6.12. The summed E-state index contributed by atoms with van der Waals surface area (Å²) in [6.07, 6.45) is 1.08. The van der Waals surface area contributed by atoms with Crippen LogP contribution >= 0.6 is 0 Å². The molecule has 2 bridgehead atoms. The molecule has 0 aliphatic carbocycles. The van der Waals surface area contributed by atoms with Crippen LogP contribution in [0.4, 0.5) is 0 Å². The van der Waals surface area contributed by atoms with Crippen molar-refractivity contribution in [3.8, 4) is 0 Å². The number of fused-ring (bicyclic) bond motifs is 3. The Hall–Kier alpha value is -1.19. The fourth-order valence-electron chi connectivity index (χ4n) is 2.70. The first kappa shape index (κ1) is 13.2. The molecule has 3 heteroatoms. The van der Waals surface area contributed by atoms with Crippen molar-refractivity contribution in [2.45, 2.75) is 6.92 Å². The Balaban J connectivity index is 0.000000149.